The van der Waals surface area contributed by atoms with Gasteiger partial charge in [0.15, 0.2) is 0 Å². The number of rotatable bonds is 2. The van der Waals surface area contributed by atoms with Crippen molar-refractivity contribution in [2.24, 2.45) is 0 Å². The molecule has 0 spiro atoms. The second-order valence-electron chi connectivity index (χ2n) is 4.97. The molecule has 2 aromatic carbocycles. The smallest absolute Gasteiger partial charge is 0.130 e. The number of hydrogen-bond donors (Lipinski definition) is 0. The minimum atomic E-state index is 0.00611. The summed E-state index contributed by atoms with van der Waals surface area (Å²) in [5.74, 6) is 0.951. The molecule has 0 N–H and O–H groups in total. The Bertz CT molecular complexity index is 637. The minimum Gasteiger partial charge on any atom is -0.488 e. The topological polar surface area (TPSA) is 33.0 Å². The minimum absolute atomic E-state index is 0.00611. The monoisotopic (exact) mass is 249 g/mol. The highest BCUT2D eigenvalue weighted by molar-refractivity contribution is 5.73. The Hall–Kier alpha value is -2.27. The first-order valence-electron chi connectivity index (χ1n) is 6.50. The van der Waals surface area contributed by atoms with Crippen molar-refractivity contribution in [3.63, 3.8) is 0 Å². The highest BCUT2D eigenvalue weighted by atomic mass is 16.5. The second-order valence-corrected chi connectivity index (χ2v) is 4.97. The molecule has 2 nitrogen and oxygen atoms in total. The summed E-state index contributed by atoms with van der Waals surface area (Å²) in [6.07, 6.45) is 1.29. The number of nitriles is 1. The SMILES string of the molecule is Cc1ccc(-c2cccc3c2O[C@@H](CC#N)C3)cc1. The van der Waals surface area contributed by atoms with Crippen LogP contribution in [0.25, 0.3) is 11.1 Å². The maximum absolute atomic E-state index is 8.79. The van der Waals surface area contributed by atoms with Crippen LogP contribution in [0.5, 0.6) is 5.75 Å². The fourth-order valence-corrected chi connectivity index (χ4v) is 2.51. The van der Waals surface area contributed by atoms with Crippen LogP contribution >= 0.6 is 0 Å². The number of ether oxygens (including phenoxy) is 1. The van der Waals surface area contributed by atoms with Gasteiger partial charge in [-0.2, -0.15) is 5.26 Å². The summed E-state index contributed by atoms with van der Waals surface area (Å²) in [6.45, 7) is 2.08. The van der Waals surface area contributed by atoms with Gasteiger partial charge in [-0.1, -0.05) is 48.0 Å². The van der Waals surface area contributed by atoms with Crippen LogP contribution < -0.4 is 4.74 Å². The van der Waals surface area contributed by atoms with Gasteiger partial charge >= 0.3 is 0 Å². The van der Waals surface area contributed by atoms with Gasteiger partial charge in [0.2, 0.25) is 0 Å². The summed E-state index contributed by atoms with van der Waals surface area (Å²) in [5, 5.41) is 8.79. The first kappa shape index (κ1) is 11.8. The Labute approximate surface area is 113 Å². The molecule has 1 heterocycles. The molecule has 94 valence electrons. The van der Waals surface area contributed by atoms with E-state index in [0.29, 0.717) is 6.42 Å². The number of nitrogens with zero attached hydrogens (tertiary/aromatic N) is 1. The summed E-state index contributed by atoms with van der Waals surface area (Å²) in [5.41, 5.74) is 4.75. The van der Waals surface area contributed by atoms with Gasteiger partial charge in [-0.05, 0) is 18.1 Å². The van der Waals surface area contributed by atoms with Crippen molar-refractivity contribution in [2.45, 2.75) is 25.9 Å². The molecule has 3 rings (SSSR count). The Balaban J connectivity index is 2.00. The Kier molecular flexibility index (Phi) is 2.97. The molecule has 0 aromatic heterocycles. The fourth-order valence-electron chi connectivity index (χ4n) is 2.51. The highest BCUT2D eigenvalue weighted by Crippen LogP contribution is 2.39. The summed E-state index contributed by atoms with van der Waals surface area (Å²) in [4.78, 5) is 0. The van der Waals surface area contributed by atoms with Crippen molar-refractivity contribution in [3.05, 3.63) is 53.6 Å². The van der Waals surface area contributed by atoms with E-state index in [1.54, 1.807) is 0 Å². The molecule has 0 saturated carbocycles. The van der Waals surface area contributed by atoms with E-state index in [2.05, 4.69) is 55.5 Å². The highest BCUT2D eigenvalue weighted by Gasteiger charge is 2.25. The normalized spacial score (nSPS) is 16.5. The van der Waals surface area contributed by atoms with Crippen molar-refractivity contribution < 1.29 is 4.74 Å². The van der Waals surface area contributed by atoms with E-state index in [1.165, 1.54) is 16.7 Å². The van der Waals surface area contributed by atoms with Crippen molar-refractivity contribution in [1.82, 2.24) is 0 Å². The third-order valence-electron chi connectivity index (χ3n) is 3.51. The number of hydrogen-bond acceptors (Lipinski definition) is 2. The van der Waals surface area contributed by atoms with E-state index in [1.807, 2.05) is 0 Å². The van der Waals surface area contributed by atoms with E-state index in [4.69, 9.17) is 10.00 Å². The molecule has 0 fully saturated rings. The van der Waals surface area contributed by atoms with E-state index in [0.717, 1.165) is 17.7 Å². The molecule has 1 aliphatic rings. The molecule has 0 radical (unpaired) electrons. The van der Waals surface area contributed by atoms with E-state index >= 15 is 0 Å². The van der Waals surface area contributed by atoms with E-state index in [-0.39, 0.29) is 6.10 Å². The van der Waals surface area contributed by atoms with Crippen molar-refractivity contribution in [1.29, 1.82) is 5.26 Å². The molecule has 1 atom stereocenters. The van der Waals surface area contributed by atoms with Crippen LogP contribution in [0.2, 0.25) is 0 Å². The molecule has 19 heavy (non-hydrogen) atoms. The Morgan fingerprint density at radius 2 is 2.00 bits per heavy atom. The van der Waals surface area contributed by atoms with Gasteiger partial charge in [-0.25, -0.2) is 0 Å². The number of fused-ring (bicyclic) bond motifs is 1. The lowest BCUT2D eigenvalue weighted by Crippen LogP contribution is -2.11. The zero-order valence-electron chi connectivity index (χ0n) is 10.9. The van der Waals surface area contributed by atoms with Crippen LogP contribution in [0, 0.1) is 18.3 Å². The number of aryl methyl sites for hydroxylation is 1. The molecule has 0 amide bonds. The summed E-state index contributed by atoms with van der Waals surface area (Å²) in [7, 11) is 0. The lowest BCUT2D eigenvalue weighted by molar-refractivity contribution is 0.239. The second kappa shape index (κ2) is 4.78. The predicted molar refractivity (Wildman–Crippen MR) is 75.0 cm³/mol. The molecule has 0 saturated heterocycles. The average Bonchev–Trinajstić information content (AvgIpc) is 2.82. The van der Waals surface area contributed by atoms with E-state index < -0.39 is 0 Å². The van der Waals surface area contributed by atoms with Gasteiger partial charge in [0.1, 0.15) is 11.9 Å². The molecule has 0 bridgehead atoms. The van der Waals surface area contributed by atoms with Crippen LogP contribution in [0.3, 0.4) is 0 Å². The van der Waals surface area contributed by atoms with Gasteiger partial charge in [-0.3, -0.25) is 0 Å². The summed E-state index contributed by atoms with van der Waals surface area (Å²) < 4.78 is 5.94. The molecule has 2 heteroatoms. The standard InChI is InChI=1S/C17H15NO/c1-12-5-7-13(8-6-12)16-4-2-3-14-11-15(9-10-18)19-17(14)16/h2-8,15H,9,11H2,1H3/t15-/m0/s1. The fraction of sp³-hybridized carbons (Fsp3) is 0.235. The molecule has 1 aliphatic heterocycles. The molecular formula is C17H15NO. The van der Waals surface area contributed by atoms with Gasteiger partial charge in [-0.15, -0.1) is 0 Å². The lowest BCUT2D eigenvalue weighted by Gasteiger charge is -2.10. The molecule has 2 aromatic rings. The van der Waals surface area contributed by atoms with Crippen LogP contribution in [-0.2, 0) is 6.42 Å². The summed E-state index contributed by atoms with van der Waals surface area (Å²) in [6, 6.07) is 16.9. The molecule has 0 aliphatic carbocycles. The van der Waals surface area contributed by atoms with E-state index in [9.17, 15) is 0 Å². The quantitative estimate of drug-likeness (QED) is 0.809. The zero-order valence-corrected chi connectivity index (χ0v) is 10.9. The van der Waals surface area contributed by atoms with Crippen molar-refractivity contribution in [2.75, 3.05) is 0 Å². The zero-order chi connectivity index (χ0) is 13.2. The number of benzene rings is 2. The van der Waals surface area contributed by atoms with Crippen molar-refractivity contribution in [3.8, 4) is 22.9 Å². The Morgan fingerprint density at radius 1 is 1.21 bits per heavy atom. The Morgan fingerprint density at radius 3 is 2.74 bits per heavy atom. The maximum Gasteiger partial charge on any atom is 0.130 e. The van der Waals surface area contributed by atoms with Gasteiger partial charge in [0, 0.05) is 12.0 Å². The van der Waals surface area contributed by atoms with Crippen molar-refractivity contribution >= 4 is 0 Å². The third kappa shape index (κ3) is 2.20. The molecule has 0 unspecified atom stereocenters. The lowest BCUT2D eigenvalue weighted by atomic mass is 9.99. The van der Waals surface area contributed by atoms with Crippen LogP contribution in [0.15, 0.2) is 42.5 Å². The van der Waals surface area contributed by atoms with Crippen LogP contribution in [0.1, 0.15) is 17.5 Å². The maximum atomic E-state index is 8.79. The van der Waals surface area contributed by atoms with Crippen LogP contribution in [-0.4, -0.2) is 6.10 Å². The van der Waals surface area contributed by atoms with Gasteiger partial charge in [0.25, 0.3) is 0 Å². The molecular weight excluding hydrogens is 234 g/mol. The van der Waals surface area contributed by atoms with Gasteiger partial charge in [0.05, 0.1) is 12.5 Å². The predicted octanol–water partition coefficient (Wildman–Crippen LogP) is 3.88. The summed E-state index contributed by atoms with van der Waals surface area (Å²) >= 11 is 0. The largest absolute Gasteiger partial charge is 0.488 e. The first-order valence-corrected chi connectivity index (χ1v) is 6.50. The third-order valence-corrected chi connectivity index (χ3v) is 3.51. The first-order chi connectivity index (χ1) is 9.28. The van der Waals surface area contributed by atoms with Crippen LogP contribution in [0.4, 0.5) is 0 Å². The number of para-hydroxylation sites is 1. The average molecular weight is 249 g/mol. The van der Waals surface area contributed by atoms with Gasteiger partial charge < -0.3 is 4.74 Å².